The largest absolute Gasteiger partial charge is 0.368 e. The summed E-state index contributed by atoms with van der Waals surface area (Å²) < 4.78 is 0. The normalized spacial score (nSPS) is 16.1. The third kappa shape index (κ3) is 3.70. The van der Waals surface area contributed by atoms with Crippen LogP contribution >= 0.6 is 0 Å². The average molecular weight is 276 g/mol. The molecular weight excluding hydrogens is 252 g/mol. The number of rotatable bonds is 6. The second kappa shape index (κ2) is 6.22. The number of likely N-dealkylation sites (N-methyl/N-ethyl adjacent to an activating group) is 1. The Bertz CT molecular complexity index is 449. The van der Waals surface area contributed by atoms with Crippen molar-refractivity contribution in [2.45, 2.75) is 18.9 Å². The minimum absolute atomic E-state index is 0.0202. The van der Waals surface area contributed by atoms with Gasteiger partial charge >= 0.3 is 0 Å². The van der Waals surface area contributed by atoms with Gasteiger partial charge in [0.1, 0.15) is 5.82 Å². The fraction of sp³-hybridized carbons (Fsp3) is 0.600. The molecule has 1 atom stereocenters. The van der Waals surface area contributed by atoms with Crippen LogP contribution < -0.4 is 5.32 Å². The molecule has 0 aromatic carbocycles. The number of pyridine rings is 1. The van der Waals surface area contributed by atoms with Crippen LogP contribution in [0.5, 0.6) is 0 Å². The standard InChI is InChI=1S/C15H24N4O/c1-18(2)13(11-5-6-11)10-17-14-8-7-12(9-16-14)15(20)19(3)4/h7-9,11,13H,5-6,10H2,1-4H3,(H,16,17). The zero-order chi connectivity index (χ0) is 14.7. The van der Waals surface area contributed by atoms with Crippen molar-refractivity contribution in [1.82, 2.24) is 14.8 Å². The van der Waals surface area contributed by atoms with Gasteiger partial charge in [-0.1, -0.05) is 0 Å². The average Bonchev–Trinajstić information content (AvgIpc) is 3.23. The van der Waals surface area contributed by atoms with Crippen LogP contribution in [0.3, 0.4) is 0 Å². The first-order valence-corrected chi connectivity index (χ1v) is 7.07. The van der Waals surface area contributed by atoms with Gasteiger partial charge in [0, 0.05) is 32.9 Å². The number of hydrogen-bond acceptors (Lipinski definition) is 4. The number of aromatic nitrogens is 1. The van der Waals surface area contributed by atoms with Gasteiger partial charge in [-0.25, -0.2) is 4.98 Å². The van der Waals surface area contributed by atoms with E-state index in [1.54, 1.807) is 25.2 Å². The fourth-order valence-corrected chi connectivity index (χ4v) is 2.34. The lowest BCUT2D eigenvalue weighted by Gasteiger charge is -2.24. The van der Waals surface area contributed by atoms with Gasteiger partial charge in [-0.3, -0.25) is 4.79 Å². The van der Waals surface area contributed by atoms with Crippen LogP contribution in [0.2, 0.25) is 0 Å². The van der Waals surface area contributed by atoms with E-state index < -0.39 is 0 Å². The summed E-state index contributed by atoms with van der Waals surface area (Å²) in [5.41, 5.74) is 0.618. The molecule has 0 spiro atoms. The third-order valence-electron chi connectivity index (χ3n) is 3.74. The van der Waals surface area contributed by atoms with Gasteiger partial charge in [0.2, 0.25) is 0 Å². The molecule has 0 saturated heterocycles. The molecule has 2 rings (SSSR count). The number of amides is 1. The lowest BCUT2D eigenvalue weighted by atomic mass is 10.1. The molecule has 1 N–H and O–H groups in total. The van der Waals surface area contributed by atoms with Crippen LogP contribution in [0.4, 0.5) is 5.82 Å². The molecule has 1 fully saturated rings. The van der Waals surface area contributed by atoms with Crippen LogP contribution in [0.15, 0.2) is 18.3 Å². The Hall–Kier alpha value is -1.62. The Morgan fingerprint density at radius 3 is 2.50 bits per heavy atom. The van der Waals surface area contributed by atoms with Crippen LogP contribution in [-0.2, 0) is 0 Å². The highest BCUT2D eigenvalue weighted by atomic mass is 16.2. The van der Waals surface area contributed by atoms with Gasteiger partial charge in [0.15, 0.2) is 0 Å². The van der Waals surface area contributed by atoms with E-state index in [2.05, 4.69) is 29.3 Å². The van der Waals surface area contributed by atoms with E-state index in [1.807, 2.05) is 12.1 Å². The van der Waals surface area contributed by atoms with Crippen molar-refractivity contribution in [3.63, 3.8) is 0 Å². The van der Waals surface area contributed by atoms with Gasteiger partial charge in [-0.15, -0.1) is 0 Å². The van der Waals surface area contributed by atoms with Crippen molar-refractivity contribution in [2.75, 3.05) is 40.1 Å². The van der Waals surface area contributed by atoms with Crippen LogP contribution in [0, 0.1) is 5.92 Å². The lowest BCUT2D eigenvalue weighted by molar-refractivity contribution is 0.0827. The fourth-order valence-electron chi connectivity index (χ4n) is 2.34. The quantitative estimate of drug-likeness (QED) is 0.856. The number of hydrogen-bond donors (Lipinski definition) is 1. The van der Waals surface area contributed by atoms with E-state index in [0.29, 0.717) is 11.6 Å². The minimum atomic E-state index is -0.0202. The lowest BCUT2D eigenvalue weighted by Crippen LogP contribution is -2.36. The summed E-state index contributed by atoms with van der Waals surface area (Å²) in [5.74, 6) is 1.62. The maximum absolute atomic E-state index is 11.8. The molecule has 1 heterocycles. The van der Waals surface area contributed by atoms with E-state index in [0.717, 1.165) is 18.3 Å². The Kier molecular flexibility index (Phi) is 4.60. The van der Waals surface area contributed by atoms with Crippen molar-refractivity contribution in [2.24, 2.45) is 5.92 Å². The van der Waals surface area contributed by atoms with Crippen molar-refractivity contribution >= 4 is 11.7 Å². The summed E-state index contributed by atoms with van der Waals surface area (Å²) in [6, 6.07) is 4.25. The highest BCUT2D eigenvalue weighted by Crippen LogP contribution is 2.34. The molecule has 1 saturated carbocycles. The Labute approximate surface area is 121 Å². The van der Waals surface area contributed by atoms with E-state index in [9.17, 15) is 4.79 Å². The first kappa shape index (κ1) is 14.8. The highest BCUT2D eigenvalue weighted by molar-refractivity contribution is 5.93. The number of carbonyl (C=O) groups excluding carboxylic acids is 1. The molecule has 0 bridgehead atoms. The van der Waals surface area contributed by atoms with Crippen LogP contribution in [0.25, 0.3) is 0 Å². The molecule has 1 aromatic heterocycles. The second-order valence-electron chi connectivity index (χ2n) is 5.88. The summed E-state index contributed by atoms with van der Waals surface area (Å²) >= 11 is 0. The molecule has 1 aliphatic carbocycles. The summed E-state index contributed by atoms with van der Waals surface area (Å²) in [6.45, 7) is 0.894. The summed E-state index contributed by atoms with van der Waals surface area (Å²) in [7, 11) is 7.73. The van der Waals surface area contributed by atoms with Crippen molar-refractivity contribution < 1.29 is 4.79 Å². The summed E-state index contributed by atoms with van der Waals surface area (Å²) in [4.78, 5) is 19.9. The number of anilines is 1. The SMILES string of the molecule is CN(C)C(=O)c1ccc(NCC(C2CC2)N(C)C)nc1. The number of nitrogens with one attached hydrogen (secondary N) is 1. The maximum Gasteiger partial charge on any atom is 0.254 e. The molecule has 1 aromatic rings. The Morgan fingerprint density at radius 1 is 1.35 bits per heavy atom. The molecule has 0 aliphatic heterocycles. The zero-order valence-corrected chi connectivity index (χ0v) is 12.8. The van der Waals surface area contributed by atoms with Gasteiger partial charge < -0.3 is 15.1 Å². The maximum atomic E-state index is 11.8. The molecular formula is C15H24N4O. The van der Waals surface area contributed by atoms with E-state index in [1.165, 1.54) is 12.8 Å². The summed E-state index contributed by atoms with van der Waals surface area (Å²) in [5, 5.41) is 3.37. The minimum Gasteiger partial charge on any atom is -0.368 e. The second-order valence-corrected chi connectivity index (χ2v) is 5.88. The monoisotopic (exact) mass is 276 g/mol. The predicted molar refractivity (Wildman–Crippen MR) is 80.9 cm³/mol. The molecule has 110 valence electrons. The van der Waals surface area contributed by atoms with E-state index in [4.69, 9.17) is 0 Å². The zero-order valence-electron chi connectivity index (χ0n) is 12.8. The molecule has 1 unspecified atom stereocenters. The smallest absolute Gasteiger partial charge is 0.254 e. The third-order valence-corrected chi connectivity index (χ3v) is 3.74. The van der Waals surface area contributed by atoms with Gasteiger partial charge in [0.25, 0.3) is 5.91 Å². The highest BCUT2D eigenvalue weighted by Gasteiger charge is 2.32. The van der Waals surface area contributed by atoms with Gasteiger partial charge in [-0.2, -0.15) is 0 Å². The van der Waals surface area contributed by atoms with Gasteiger partial charge in [-0.05, 0) is 45.0 Å². The summed E-state index contributed by atoms with van der Waals surface area (Å²) in [6.07, 6.45) is 4.29. The Balaban J connectivity index is 1.92. The van der Waals surface area contributed by atoms with Gasteiger partial charge in [0.05, 0.1) is 5.56 Å². The molecule has 0 radical (unpaired) electrons. The molecule has 1 aliphatic rings. The van der Waals surface area contributed by atoms with Crippen LogP contribution in [0.1, 0.15) is 23.2 Å². The molecule has 5 nitrogen and oxygen atoms in total. The van der Waals surface area contributed by atoms with E-state index in [-0.39, 0.29) is 5.91 Å². The van der Waals surface area contributed by atoms with Crippen LogP contribution in [-0.4, -0.2) is 61.5 Å². The molecule has 20 heavy (non-hydrogen) atoms. The molecule has 1 amide bonds. The molecule has 5 heteroatoms. The number of nitrogens with zero attached hydrogens (tertiary/aromatic N) is 3. The van der Waals surface area contributed by atoms with Crippen molar-refractivity contribution in [3.8, 4) is 0 Å². The Morgan fingerprint density at radius 2 is 2.05 bits per heavy atom. The first-order valence-electron chi connectivity index (χ1n) is 7.07. The first-order chi connectivity index (χ1) is 9.49. The van der Waals surface area contributed by atoms with Crippen molar-refractivity contribution in [3.05, 3.63) is 23.9 Å². The topological polar surface area (TPSA) is 48.5 Å². The number of carbonyl (C=O) groups is 1. The predicted octanol–water partition coefficient (Wildman–Crippen LogP) is 1.54. The van der Waals surface area contributed by atoms with Crippen molar-refractivity contribution in [1.29, 1.82) is 0 Å². The van der Waals surface area contributed by atoms with E-state index >= 15 is 0 Å².